The van der Waals surface area contributed by atoms with Gasteiger partial charge in [0.15, 0.2) is 11.5 Å². The van der Waals surface area contributed by atoms with Crippen molar-refractivity contribution in [3.8, 4) is 5.82 Å². The van der Waals surface area contributed by atoms with E-state index in [4.69, 9.17) is 0 Å². The Morgan fingerprint density at radius 2 is 2.06 bits per heavy atom. The zero-order valence-corrected chi connectivity index (χ0v) is 10.4. The summed E-state index contributed by atoms with van der Waals surface area (Å²) in [5, 5.41) is 7.98. The van der Waals surface area contributed by atoms with Crippen LogP contribution in [0.3, 0.4) is 0 Å². The molecule has 0 unspecified atom stereocenters. The van der Waals surface area contributed by atoms with Crippen LogP contribution in [0.25, 0.3) is 5.82 Å². The highest BCUT2D eigenvalue weighted by Gasteiger charge is 2.14. The summed E-state index contributed by atoms with van der Waals surface area (Å²) in [5.41, 5.74) is 0.363. The van der Waals surface area contributed by atoms with E-state index in [0.29, 0.717) is 24.6 Å². The van der Waals surface area contributed by atoms with E-state index >= 15 is 0 Å². The van der Waals surface area contributed by atoms with E-state index in [1.54, 1.807) is 40.3 Å². The second-order valence-electron chi connectivity index (χ2n) is 3.72. The molecule has 0 saturated carbocycles. The summed E-state index contributed by atoms with van der Waals surface area (Å²) in [5.74, 6) is 0.549. The molecule has 0 aromatic carbocycles. The third-order valence-corrected chi connectivity index (χ3v) is 2.69. The minimum absolute atomic E-state index is 0.0929. The Labute approximate surface area is 105 Å². The summed E-state index contributed by atoms with van der Waals surface area (Å²) >= 11 is 0. The first-order valence-corrected chi connectivity index (χ1v) is 5.87. The molecule has 0 fully saturated rings. The average molecular weight is 245 g/mol. The molecule has 0 aliphatic carbocycles. The molecule has 0 saturated heterocycles. The highest BCUT2D eigenvalue weighted by molar-refractivity contribution is 5.92. The predicted octanol–water partition coefficient (Wildman–Crippen LogP) is 1.14. The van der Waals surface area contributed by atoms with Crippen LogP contribution in [0, 0.1) is 0 Å². The fourth-order valence-corrected chi connectivity index (χ4v) is 1.64. The van der Waals surface area contributed by atoms with Gasteiger partial charge >= 0.3 is 0 Å². The van der Waals surface area contributed by atoms with Crippen molar-refractivity contribution in [3.05, 3.63) is 36.5 Å². The van der Waals surface area contributed by atoms with Crippen LogP contribution >= 0.6 is 0 Å². The molecule has 0 atom stereocenters. The maximum Gasteiger partial charge on any atom is 0.274 e. The summed E-state index contributed by atoms with van der Waals surface area (Å²) in [7, 11) is 0. The lowest BCUT2D eigenvalue weighted by Gasteiger charge is -2.17. The third kappa shape index (κ3) is 2.37. The van der Waals surface area contributed by atoms with E-state index in [2.05, 4.69) is 15.2 Å². The van der Waals surface area contributed by atoms with Crippen molar-refractivity contribution >= 4 is 5.91 Å². The predicted molar refractivity (Wildman–Crippen MR) is 66.4 cm³/mol. The van der Waals surface area contributed by atoms with E-state index in [0.717, 1.165) is 0 Å². The Morgan fingerprint density at radius 1 is 1.28 bits per heavy atom. The van der Waals surface area contributed by atoms with Crippen LogP contribution in [-0.4, -0.2) is 43.6 Å². The van der Waals surface area contributed by atoms with Crippen LogP contribution in [0.1, 0.15) is 24.3 Å². The summed E-state index contributed by atoms with van der Waals surface area (Å²) in [4.78, 5) is 17.6. The van der Waals surface area contributed by atoms with Gasteiger partial charge in [-0.2, -0.15) is 0 Å². The molecule has 94 valence electrons. The topological polar surface area (TPSA) is 63.9 Å². The molecule has 0 spiro atoms. The van der Waals surface area contributed by atoms with Gasteiger partial charge in [-0.1, -0.05) is 0 Å². The van der Waals surface area contributed by atoms with Gasteiger partial charge in [-0.25, -0.2) is 4.98 Å². The molecular weight excluding hydrogens is 230 g/mol. The van der Waals surface area contributed by atoms with Gasteiger partial charge in [-0.3, -0.25) is 9.36 Å². The first kappa shape index (κ1) is 12.2. The molecule has 6 nitrogen and oxygen atoms in total. The monoisotopic (exact) mass is 245 g/mol. The van der Waals surface area contributed by atoms with E-state index in [9.17, 15) is 4.79 Å². The number of rotatable bonds is 4. The third-order valence-electron chi connectivity index (χ3n) is 2.69. The van der Waals surface area contributed by atoms with Crippen molar-refractivity contribution in [2.45, 2.75) is 13.8 Å². The normalized spacial score (nSPS) is 10.3. The van der Waals surface area contributed by atoms with Gasteiger partial charge in [0.2, 0.25) is 0 Å². The van der Waals surface area contributed by atoms with E-state index in [1.165, 1.54) is 0 Å². The van der Waals surface area contributed by atoms with Crippen molar-refractivity contribution < 1.29 is 4.79 Å². The fourth-order valence-electron chi connectivity index (χ4n) is 1.64. The van der Waals surface area contributed by atoms with Crippen molar-refractivity contribution in [1.82, 2.24) is 24.6 Å². The van der Waals surface area contributed by atoms with Gasteiger partial charge in [-0.15, -0.1) is 10.2 Å². The second-order valence-corrected chi connectivity index (χ2v) is 3.72. The first-order chi connectivity index (χ1) is 8.76. The van der Waals surface area contributed by atoms with Crippen LogP contribution in [0.2, 0.25) is 0 Å². The van der Waals surface area contributed by atoms with Gasteiger partial charge in [0, 0.05) is 25.5 Å². The number of nitrogens with zero attached hydrogens (tertiary/aromatic N) is 5. The quantitative estimate of drug-likeness (QED) is 0.810. The molecule has 0 bridgehead atoms. The lowest BCUT2D eigenvalue weighted by atomic mass is 10.3. The zero-order valence-electron chi connectivity index (χ0n) is 10.4. The Bertz CT molecular complexity index is 502. The van der Waals surface area contributed by atoms with E-state index in [1.807, 2.05) is 13.8 Å². The molecular formula is C12H15N5O. The van der Waals surface area contributed by atoms with Gasteiger partial charge in [0.1, 0.15) is 6.33 Å². The van der Waals surface area contributed by atoms with E-state index < -0.39 is 0 Å². The lowest BCUT2D eigenvalue weighted by Crippen LogP contribution is -2.31. The van der Waals surface area contributed by atoms with Crippen LogP contribution in [0.5, 0.6) is 0 Å². The van der Waals surface area contributed by atoms with Crippen LogP contribution < -0.4 is 0 Å². The molecule has 0 N–H and O–H groups in total. The molecule has 0 radical (unpaired) electrons. The highest BCUT2D eigenvalue weighted by Crippen LogP contribution is 2.05. The van der Waals surface area contributed by atoms with Crippen molar-refractivity contribution in [1.29, 1.82) is 0 Å². The summed E-state index contributed by atoms with van der Waals surface area (Å²) in [6.07, 6.45) is 5.07. The fraction of sp³-hybridized carbons (Fsp3) is 0.333. The van der Waals surface area contributed by atoms with Crippen LogP contribution in [0.15, 0.2) is 30.9 Å². The number of amides is 1. The zero-order chi connectivity index (χ0) is 13.0. The van der Waals surface area contributed by atoms with E-state index in [-0.39, 0.29) is 5.91 Å². The summed E-state index contributed by atoms with van der Waals surface area (Å²) < 4.78 is 1.73. The number of hydrogen-bond donors (Lipinski definition) is 0. The van der Waals surface area contributed by atoms with Crippen LogP contribution in [0.4, 0.5) is 0 Å². The number of imidazole rings is 1. The van der Waals surface area contributed by atoms with Crippen LogP contribution in [-0.2, 0) is 0 Å². The number of carbonyl (C=O) groups is 1. The summed E-state index contributed by atoms with van der Waals surface area (Å²) in [6.45, 7) is 5.21. The molecule has 0 aliphatic rings. The van der Waals surface area contributed by atoms with Gasteiger partial charge in [0.05, 0.1) is 0 Å². The molecule has 0 aliphatic heterocycles. The van der Waals surface area contributed by atoms with Gasteiger partial charge in [-0.05, 0) is 26.0 Å². The standard InChI is InChI=1S/C12H15N5O/c1-3-16(4-2)12(18)10-5-6-11(15-14-10)17-8-7-13-9-17/h5-9H,3-4H2,1-2H3. The smallest absolute Gasteiger partial charge is 0.274 e. The molecule has 2 rings (SSSR count). The van der Waals surface area contributed by atoms with Crippen molar-refractivity contribution in [2.75, 3.05) is 13.1 Å². The highest BCUT2D eigenvalue weighted by atomic mass is 16.2. The molecule has 6 heteroatoms. The number of hydrogen-bond acceptors (Lipinski definition) is 4. The van der Waals surface area contributed by atoms with Crippen molar-refractivity contribution in [3.63, 3.8) is 0 Å². The molecule has 18 heavy (non-hydrogen) atoms. The maximum atomic E-state index is 12.0. The number of carbonyl (C=O) groups excluding carboxylic acids is 1. The first-order valence-electron chi connectivity index (χ1n) is 5.87. The Hall–Kier alpha value is -2.24. The lowest BCUT2D eigenvalue weighted by molar-refractivity contribution is 0.0766. The van der Waals surface area contributed by atoms with Crippen molar-refractivity contribution in [2.24, 2.45) is 0 Å². The molecule has 1 amide bonds. The second kappa shape index (κ2) is 5.39. The molecule has 2 aromatic rings. The maximum absolute atomic E-state index is 12.0. The Morgan fingerprint density at radius 3 is 2.56 bits per heavy atom. The number of aromatic nitrogens is 4. The van der Waals surface area contributed by atoms with Gasteiger partial charge < -0.3 is 4.90 Å². The molecule has 2 heterocycles. The minimum Gasteiger partial charge on any atom is -0.338 e. The summed E-state index contributed by atoms with van der Waals surface area (Å²) in [6, 6.07) is 3.44. The van der Waals surface area contributed by atoms with Gasteiger partial charge in [0.25, 0.3) is 5.91 Å². The SMILES string of the molecule is CCN(CC)C(=O)c1ccc(-n2ccnc2)nn1. The Balaban J connectivity index is 2.20. The largest absolute Gasteiger partial charge is 0.338 e. The molecule has 2 aromatic heterocycles. The Kier molecular flexibility index (Phi) is 3.66. The minimum atomic E-state index is -0.0929. The average Bonchev–Trinajstić information content (AvgIpc) is 2.94.